The van der Waals surface area contributed by atoms with Gasteiger partial charge in [0.05, 0.1) is 11.8 Å². The number of carbonyl (C=O) groups excluding carboxylic acids is 1. The van der Waals surface area contributed by atoms with Crippen LogP contribution in [-0.2, 0) is 4.79 Å². The molecule has 0 spiro atoms. The van der Waals surface area contributed by atoms with E-state index in [-0.39, 0.29) is 12.0 Å². The van der Waals surface area contributed by atoms with Crippen LogP contribution in [0.1, 0.15) is 45.9 Å². The molecule has 2 aromatic carbocycles. The van der Waals surface area contributed by atoms with Gasteiger partial charge in [0.1, 0.15) is 5.75 Å². The van der Waals surface area contributed by atoms with E-state index in [1.165, 1.54) is 11.8 Å². The van der Waals surface area contributed by atoms with Crippen molar-refractivity contribution in [3.05, 3.63) is 54.1 Å². The predicted molar refractivity (Wildman–Crippen MR) is 125 cm³/mol. The Kier molecular flexibility index (Phi) is 6.60. The molecular weight excluding hydrogens is 424 g/mol. The van der Waals surface area contributed by atoms with E-state index in [1.807, 2.05) is 76.2 Å². The summed E-state index contributed by atoms with van der Waals surface area (Å²) >= 11 is 1.49. The molecule has 0 bridgehead atoms. The fourth-order valence-electron chi connectivity index (χ4n) is 3.54. The quantitative estimate of drug-likeness (QED) is 0.473. The second kappa shape index (κ2) is 9.56. The van der Waals surface area contributed by atoms with E-state index in [9.17, 15) is 4.79 Å². The van der Waals surface area contributed by atoms with Crippen molar-refractivity contribution in [2.75, 3.05) is 10.7 Å². The molecule has 0 aliphatic carbocycles. The number of para-hydroxylation sites is 1. The van der Waals surface area contributed by atoms with E-state index < -0.39 is 6.23 Å². The van der Waals surface area contributed by atoms with Crippen molar-refractivity contribution in [3.8, 4) is 22.9 Å². The third kappa shape index (κ3) is 4.41. The van der Waals surface area contributed by atoms with Gasteiger partial charge in [0.2, 0.25) is 23.2 Å². The molecule has 0 unspecified atom stereocenters. The van der Waals surface area contributed by atoms with E-state index in [2.05, 4.69) is 15.2 Å². The molecule has 2 heterocycles. The lowest BCUT2D eigenvalue weighted by Crippen LogP contribution is -2.37. The normalized spacial score (nSPS) is 14.9. The largest absolute Gasteiger partial charge is 0.491 e. The summed E-state index contributed by atoms with van der Waals surface area (Å²) in [5.41, 5.74) is 2.82. The Morgan fingerprint density at radius 2 is 1.88 bits per heavy atom. The maximum absolute atomic E-state index is 13.2. The van der Waals surface area contributed by atoms with Gasteiger partial charge in [0, 0.05) is 17.5 Å². The first-order valence-electron chi connectivity index (χ1n) is 10.7. The van der Waals surface area contributed by atoms with Crippen LogP contribution >= 0.6 is 11.8 Å². The minimum atomic E-state index is -0.700. The van der Waals surface area contributed by atoms with Gasteiger partial charge in [-0.05, 0) is 49.9 Å². The third-order valence-corrected chi connectivity index (χ3v) is 5.61. The average molecular weight is 451 g/mol. The summed E-state index contributed by atoms with van der Waals surface area (Å²) in [7, 11) is 0. The summed E-state index contributed by atoms with van der Waals surface area (Å²) in [6.07, 6.45) is -0.298. The van der Waals surface area contributed by atoms with Gasteiger partial charge < -0.3 is 9.47 Å². The first kappa shape index (κ1) is 22.1. The SMILES string of the molecule is CCSc1nnc2c(n1)O[C@H](c1ccc(OC(C)C)cc1)N(C(=O)CC)c1ccccc1-2. The van der Waals surface area contributed by atoms with Gasteiger partial charge >= 0.3 is 0 Å². The van der Waals surface area contributed by atoms with Crippen LogP contribution in [0, 0.1) is 0 Å². The van der Waals surface area contributed by atoms with Gasteiger partial charge in [0.25, 0.3) is 0 Å². The molecule has 0 fully saturated rings. The van der Waals surface area contributed by atoms with Crippen molar-refractivity contribution >= 4 is 23.4 Å². The number of hydrogen-bond acceptors (Lipinski definition) is 7. The van der Waals surface area contributed by atoms with Gasteiger partial charge in [0.15, 0.2) is 5.69 Å². The molecule has 1 aliphatic rings. The predicted octanol–water partition coefficient (Wildman–Crippen LogP) is 5.27. The summed E-state index contributed by atoms with van der Waals surface area (Å²) in [5.74, 6) is 1.88. The van der Waals surface area contributed by atoms with Crippen molar-refractivity contribution in [2.24, 2.45) is 0 Å². The summed E-state index contributed by atoms with van der Waals surface area (Å²) < 4.78 is 12.2. The molecule has 1 aromatic heterocycles. The fourth-order valence-corrected chi connectivity index (χ4v) is 4.05. The monoisotopic (exact) mass is 450 g/mol. The maximum atomic E-state index is 13.2. The van der Waals surface area contributed by atoms with Gasteiger partial charge in [-0.3, -0.25) is 9.69 Å². The Balaban J connectivity index is 1.86. The molecule has 0 radical (unpaired) electrons. The van der Waals surface area contributed by atoms with Crippen molar-refractivity contribution in [2.45, 2.75) is 51.6 Å². The lowest BCUT2D eigenvalue weighted by molar-refractivity contribution is -0.120. The Morgan fingerprint density at radius 3 is 2.56 bits per heavy atom. The van der Waals surface area contributed by atoms with E-state index in [0.717, 1.165) is 28.3 Å². The minimum Gasteiger partial charge on any atom is -0.491 e. The van der Waals surface area contributed by atoms with Crippen LogP contribution in [0.25, 0.3) is 11.3 Å². The van der Waals surface area contributed by atoms with Crippen LogP contribution in [-0.4, -0.2) is 32.9 Å². The zero-order chi connectivity index (χ0) is 22.7. The summed E-state index contributed by atoms with van der Waals surface area (Å²) in [5, 5.41) is 9.21. The number of ether oxygens (including phenoxy) is 2. The van der Waals surface area contributed by atoms with E-state index in [4.69, 9.17) is 9.47 Å². The van der Waals surface area contributed by atoms with Crippen molar-refractivity contribution in [3.63, 3.8) is 0 Å². The standard InChI is InChI=1S/C24H26N4O3S/c1-5-20(29)28-19-10-8-7-9-18(19)21-22(25-24(27-26-21)32-6-2)31-23(28)16-11-13-17(14-12-16)30-15(3)4/h7-15,23H,5-6H2,1-4H3/t23-/m1/s1. The Morgan fingerprint density at radius 1 is 1.12 bits per heavy atom. The first-order valence-corrected chi connectivity index (χ1v) is 11.7. The number of aromatic nitrogens is 3. The van der Waals surface area contributed by atoms with E-state index in [1.54, 1.807) is 4.90 Å². The van der Waals surface area contributed by atoms with Crippen LogP contribution in [0.15, 0.2) is 53.7 Å². The number of benzene rings is 2. The molecule has 7 nitrogen and oxygen atoms in total. The topological polar surface area (TPSA) is 77.4 Å². The Labute approximate surface area is 192 Å². The zero-order valence-corrected chi connectivity index (χ0v) is 19.4. The molecular formula is C24H26N4O3S. The highest BCUT2D eigenvalue weighted by Crippen LogP contribution is 2.43. The van der Waals surface area contributed by atoms with Crippen molar-refractivity contribution < 1.29 is 14.3 Å². The van der Waals surface area contributed by atoms with Gasteiger partial charge in [-0.25, -0.2) is 0 Å². The molecule has 1 amide bonds. The highest BCUT2D eigenvalue weighted by molar-refractivity contribution is 7.99. The highest BCUT2D eigenvalue weighted by atomic mass is 32.2. The molecule has 0 saturated carbocycles. The van der Waals surface area contributed by atoms with Crippen molar-refractivity contribution in [1.82, 2.24) is 15.2 Å². The minimum absolute atomic E-state index is 0.0612. The lowest BCUT2D eigenvalue weighted by atomic mass is 10.1. The van der Waals surface area contributed by atoms with E-state index >= 15 is 0 Å². The second-order valence-electron chi connectivity index (χ2n) is 7.52. The third-order valence-electron chi connectivity index (χ3n) is 4.89. The number of rotatable bonds is 6. The number of hydrogen-bond donors (Lipinski definition) is 0. The number of carbonyl (C=O) groups is 1. The van der Waals surface area contributed by atoms with E-state index in [0.29, 0.717) is 23.2 Å². The molecule has 4 rings (SSSR count). The van der Waals surface area contributed by atoms with Gasteiger partial charge in [-0.2, -0.15) is 4.98 Å². The summed E-state index contributed by atoms with van der Waals surface area (Å²) in [6, 6.07) is 15.2. The molecule has 0 N–H and O–H groups in total. The molecule has 1 atom stereocenters. The summed E-state index contributed by atoms with van der Waals surface area (Å²) in [4.78, 5) is 19.5. The number of anilines is 1. The fraction of sp³-hybridized carbons (Fsp3) is 0.333. The second-order valence-corrected chi connectivity index (χ2v) is 8.75. The molecule has 32 heavy (non-hydrogen) atoms. The Bertz CT molecular complexity index is 1100. The number of amides is 1. The summed E-state index contributed by atoms with van der Waals surface area (Å²) in [6.45, 7) is 7.83. The zero-order valence-electron chi connectivity index (χ0n) is 18.6. The molecule has 1 aliphatic heterocycles. The number of thioether (sulfide) groups is 1. The number of fused-ring (bicyclic) bond motifs is 3. The van der Waals surface area contributed by atoms with Crippen LogP contribution < -0.4 is 14.4 Å². The van der Waals surface area contributed by atoms with Crippen LogP contribution in [0.4, 0.5) is 5.69 Å². The van der Waals surface area contributed by atoms with Crippen molar-refractivity contribution in [1.29, 1.82) is 0 Å². The average Bonchev–Trinajstić information content (AvgIpc) is 2.93. The first-order chi connectivity index (χ1) is 15.5. The van der Waals surface area contributed by atoms with Gasteiger partial charge in [-0.1, -0.05) is 43.8 Å². The lowest BCUT2D eigenvalue weighted by Gasteiger charge is -2.30. The van der Waals surface area contributed by atoms with Crippen LogP contribution in [0.5, 0.6) is 11.6 Å². The van der Waals surface area contributed by atoms with Crippen LogP contribution in [0.3, 0.4) is 0 Å². The van der Waals surface area contributed by atoms with Gasteiger partial charge in [-0.15, -0.1) is 10.2 Å². The Hall–Kier alpha value is -3.13. The highest BCUT2D eigenvalue weighted by Gasteiger charge is 2.35. The molecule has 166 valence electrons. The molecule has 3 aromatic rings. The smallest absolute Gasteiger partial charge is 0.247 e. The molecule has 0 saturated heterocycles. The molecule has 8 heteroatoms. The van der Waals surface area contributed by atoms with Crippen LogP contribution in [0.2, 0.25) is 0 Å². The number of nitrogens with zero attached hydrogens (tertiary/aromatic N) is 4. The maximum Gasteiger partial charge on any atom is 0.247 e.